The Morgan fingerprint density at radius 3 is 2.83 bits per heavy atom. The molecule has 0 aliphatic rings. The van der Waals surface area contributed by atoms with E-state index in [0.29, 0.717) is 0 Å². The minimum atomic E-state index is -0.466. The third-order valence-electron chi connectivity index (χ3n) is 2.90. The Labute approximate surface area is 116 Å². The number of aliphatic hydroxyl groups is 1. The Bertz CT molecular complexity index is 534. The molecule has 4 heteroatoms. The van der Waals surface area contributed by atoms with Crippen molar-refractivity contribution in [3.8, 4) is 5.69 Å². The fourth-order valence-corrected chi connectivity index (χ4v) is 2.68. The standard InChI is InChI=1S/C14H17BrN2O/c1-3-4-14-16-7-8-17(14)11-5-6-12(10(2)18)13(15)9-11/h5-10,18H,3-4H2,1-2H3/t10-/m0/s1. The number of hydrogen-bond donors (Lipinski definition) is 1. The molecule has 1 heterocycles. The van der Waals surface area contributed by atoms with Gasteiger partial charge in [-0.15, -0.1) is 0 Å². The van der Waals surface area contributed by atoms with E-state index in [9.17, 15) is 5.11 Å². The molecule has 0 fully saturated rings. The molecule has 2 aromatic rings. The van der Waals surface area contributed by atoms with Crippen molar-refractivity contribution in [3.63, 3.8) is 0 Å². The Hall–Kier alpha value is -1.13. The molecule has 2 rings (SSSR count). The maximum atomic E-state index is 9.62. The van der Waals surface area contributed by atoms with Crippen LogP contribution < -0.4 is 0 Å². The lowest BCUT2D eigenvalue weighted by molar-refractivity contribution is 0.198. The van der Waals surface area contributed by atoms with Gasteiger partial charge < -0.3 is 9.67 Å². The molecular formula is C14H17BrN2O. The predicted octanol–water partition coefficient (Wildman–Crippen LogP) is 3.64. The molecule has 1 N–H and O–H groups in total. The zero-order valence-corrected chi connectivity index (χ0v) is 12.2. The molecule has 0 radical (unpaired) electrons. The van der Waals surface area contributed by atoms with Crippen LogP contribution in [0.15, 0.2) is 35.1 Å². The van der Waals surface area contributed by atoms with Gasteiger partial charge in [-0.2, -0.15) is 0 Å². The van der Waals surface area contributed by atoms with Crippen LogP contribution in [-0.4, -0.2) is 14.7 Å². The predicted molar refractivity (Wildman–Crippen MR) is 75.9 cm³/mol. The number of hydrogen-bond acceptors (Lipinski definition) is 2. The summed E-state index contributed by atoms with van der Waals surface area (Å²) in [5.74, 6) is 1.06. The van der Waals surface area contributed by atoms with Crippen molar-refractivity contribution in [1.29, 1.82) is 0 Å². The largest absolute Gasteiger partial charge is 0.389 e. The van der Waals surface area contributed by atoms with Crippen LogP contribution in [0, 0.1) is 0 Å². The fourth-order valence-electron chi connectivity index (χ4n) is 1.98. The molecule has 0 saturated heterocycles. The van der Waals surface area contributed by atoms with Crippen LogP contribution in [-0.2, 0) is 6.42 Å². The number of halogens is 1. The van der Waals surface area contributed by atoms with Gasteiger partial charge in [0.15, 0.2) is 0 Å². The average molecular weight is 309 g/mol. The van der Waals surface area contributed by atoms with Gasteiger partial charge in [-0.05, 0) is 31.0 Å². The van der Waals surface area contributed by atoms with E-state index in [2.05, 4.69) is 32.4 Å². The van der Waals surface area contributed by atoms with Gasteiger partial charge in [0.25, 0.3) is 0 Å². The number of imidazole rings is 1. The maximum absolute atomic E-state index is 9.62. The molecule has 0 aliphatic carbocycles. The summed E-state index contributed by atoms with van der Waals surface area (Å²) in [6, 6.07) is 5.97. The zero-order chi connectivity index (χ0) is 13.1. The van der Waals surface area contributed by atoms with Crippen molar-refractivity contribution in [2.24, 2.45) is 0 Å². The van der Waals surface area contributed by atoms with Crippen LogP contribution in [0.1, 0.15) is 37.8 Å². The molecule has 1 aromatic carbocycles. The van der Waals surface area contributed by atoms with Crippen molar-refractivity contribution in [2.45, 2.75) is 32.8 Å². The first-order chi connectivity index (χ1) is 8.63. The second-order valence-electron chi connectivity index (χ2n) is 4.35. The van der Waals surface area contributed by atoms with Crippen LogP contribution in [0.4, 0.5) is 0 Å². The van der Waals surface area contributed by atoms with E-state index in [1.54, 1.807) is 6.92 Å². The highest BCUT2D eigenvalue weighted by Gasteiger charge is 2.09. The number of aryl methyl sites for hydroxylation is 1. The highest BCUT2D eigenvalue weighted by atomic mass is 79.9. The summed E-state index contributed by atoms with van der Waals surface area (Å²) in [5, 5.41) is 9.62. The van der Waals surface area contributed by atoms with E-state index in [4.69, 9.17) is 0 Å². The molecule has 3 nitrogen and oxygen atoms in total. The Kier molecular flexibility index (Phi) is 4.19. The van der Waals surface area contributed by atoms with E-state index < -0.39 is 6.10 Å². The van der Waals surface area contributed by atoms with E-state index >= 15 is 0 Å². The van der Waals surface area contributed by atoms with E-state index in [1.807, 2.05) is 30.6 Å². The molecule has 18 heavy (non-hydrogen) atoms. The molecule has 0 aliphatic heterocycles. The van der Waals surface area contributed by atoms with Gasteiger partial charge >= 0.3 is 0 Å². The number of aliphatic hydroxyl groups excluding tert-OH is 1. The third kappa shape index (κ3) is 2.65. The molecule has 0 unspecified atom stereocenters. The number of nitrogens with zero attached hydrogens (tertiary/aromatic N) is 2. The minimum absolute atomic E-state index is 0.466. The van der Waals surface area contributed by atoms with Crippen molar-refractivity contribution in [2.75, 3.05) is 0 Å². The van der Waals surface area contributed by atoms with Gasteiger partial charge in [-0.1, -0.05) is 28.9 Å². The molecule has 0 bridgehead atoms. The lowest BCUT2D eigenvalue weighted by Crippen LogP contribution is -2.01. The summed E-state index contributed by atoms with van der Waals surface area (Å²) in [6.45, 7) is 3.91. The van der Waals surface area contributed by atoms with Crippen LogP contribution in [0.5, 0.6) is 0 Å². The zero-order valence-electron chi connectivity index (χ0n) is 10.6. The summed E-state index contributed by atoms with van der Waals surface area (Å²) in [7, 11) is 0. The van der Waals surface area contributed by atoms with Gasteiger partial charge in [0.2, 0.25) is 0 Å². The fraction of sp³-hybridized carbons (Fsp3) is 0.357. The van der Waals surface area contributed by atoms with Gasteiger partial charge in [0, 0.05) is 29.0 Å². The summed E-state index contributed by atoms with van der Waals surface area (Å²) < 4.78 is 3.01. The Balaban J connectivity index is 2.39. The normalized spacial score (nSPS) is 12.7. The van der Waals surface area contributed by atoms with Crippen LogP contribution >= 0.6 is 15.9 Å². The molecule has 1 aromatic heterocycles. The van der Waals surface area contributed by atoms with E-state index in [-0.39, 0.29) is 0 Å². The summed E-state index contributed by atoms with van der Waals surface area (Å²) in [6.07, 6.45) is 5.36. The number of rotatable bonds is 4. The molecule has 0 amide bonds. The topological polar surface area (TPSA) is 38.0 Å². The van der Waals surface area contributed by atoms with Crippen LogP contribution in [0.25, 0.3) is 5.69 Å². The molecule has 0 saturated carbocycles. The smallest absolute Gasteiger partial charge is 0.113 e. The van der Waals surface area contributed by atoms with Crippen molar-refractivity contribution < 1.29 is 5.11 Å². The van der Waals surface area contributed by atoms with Gasteiger partial charge in [0.05, 0.1) is 6.10 Å². The Morgan fingerprint density at radius 1 is 1.44 bits per heavy atom. The van der Waals surface area contributed by atoms with Crippen molar-refractivity contribution >= 4 is 15.9 Å². The van der Waals surface area contributed by atoms with Gasteiger partial charge in [-0.3, -0.25) is 0 Å². The second kappa shape index (κ2) is 5.67. The second-order valence-corrected chi connectivity index (χ2v) is 5.20. The first-order valence-electron chi connectivity index (χ1n) is 6.13. The quantitative estimate of drug-likeness (QED) is 0.936. The molecule has 1 atom stereocenters. The monoisotopic (exact) mass is 308 g/mol. The molecule has 0 spiro atoms. The maximum Gasteiger partial charge on any atom is 0.113 e. The number of aromatic nitrogens is 2. The number of benzene rings is 1. The Morgan fingerprint density at radius 2 is 2.22 bits per heavy atom. The minimum Gasteiger partial charge on any atom is -0.389 e. The van der Waals surface area contributed by atoms with Crippen molar-refractivity contribution in [1.82, 2.24) is 9.55 Å². The summed E-state index contributed by atoms with van der Waals surface area (Å²) in [4.78, 5) is 4.37. The third-order valence-corrected chi connectivity index (χ3v) is 3.59. The van der Waals surface area contributed by atoms with E-state index in [0.717, 1.165) is 34.4 Å². The van der Waals surface area contributed by atoms with E-state index in [1.165, 1.54) is 0 Å². The first-order valence-corrected chi connectivity index (χ1v) is 6.93. The highest BCUT2D eigenvalue weighted by molar-refractivity contribution is 9.10. The van der Waals surface area contributed by atoms with Gasteiger partial charge in [0.1, 0.15) is 5.82 Å². The molecule has 96 valence electrons. The lowest BCUT2D eigenvalue weighted by atomic mass is 10.1. The first kappa shape index (κ1) is 13.3. The molecular weight excluding hydrogens is 292 g/mol. The van der Waals surface area contributed by atoms with Crippen LogP contribution in [0.2, 0.25) is 0 Å². The lowest BCUT2D eigenvalue weighted by Gasteiger charge is -2.12. The average Bonchev–Trinajstić information content (AvgIpc) is 2.77. The van der Waals surface area contributed by atoms with Gasteiger partial charge in [-0.25, -0.2) is 4.98 Å². The van der Waals surface area contributed by atoms with Crippen LogP contribution in [0.3, 0.4) is 0 Å². The summed E-state index contributed by atoms with van der Waals surface area (Å²) in [5.41, 5.74) is 1.96. The highest BCUT2D eigenvalue weighted by Crippen LogP contribution is 2.26. The summed E-state index contributed by atoms with van der Waals surface area (Å²) >= 11 is 3.50. The SMILES string of the molecule is CCCc1nccn1-c1ccc([C@H](C)O)c(Br)c1. The van der Waals surface area contributed by atoms with Crippen molar-refractivity contribution in [3.05, 3.63) is 46.5 Å².